The van der Waals surface area contributed by atoms with Gasteiger partial charge in [0.1, 0.15) is 0 Å². The third-order valence-corrected chi connectivity index (χ3v) is 5.90. The molecule has 0 spiro atoms. The van der Waals surface area contributed by atoms with Crippen molar-refractivity contribution in [1.29, 1.82) is 0 Å². The topological polar surface area (TPSA) is 30.9 Å². The monoisotopic (exact) mass is 454 g/mol. The SMILES string of the molecule is CN=C(NCC1CCN(C2CC2)C1)N1CCC(c2ccccc2)C1.I. The third kappa shape index (κ3) is 4.67. The molecule has 2 heterocycles. The van der Waals surface area contributed by atoms with Gasteiger partial charge in [-0.15, -0.1) is 24.0 Å². The predicted octanol–water partition coefficient (Wildman–Crippen LogP) is 3.15. The number of likely N-dealkylation sites (tertiary alicyclic amines) is 2. The standard InChI is InChI=1S/C20H30N4.HI/c1-21-20(22-13-16-9-11-23(14-16)19-7-8-19)24-12-10-18(15-24)17-5-3-2-4-6-17;/h2-6,16,18-19H,7-15H2,1H3,(H,21,22);1H. The van der Waals surface area contributed by atoms with E-state index in [1.807, 2.05) is 7.05 Å². The summed E-state index contributed by atoms with van der Waals surface area (Å²) in [6.07, 6.45) is 5.42. The summed E-state index contributed by atoms with van der Waals surface area (Å²) in [6.45, 7) is 5.85. The fourth-order valence-corrected chi connectivity index (χ4v) is 4.32. The summed E-state index contributed by atoms with van der Waals surface area (Å²) < 4.78 is 0. The molecule has 138 valence electrons. The van der Waals surface area contributed by atoms with E-state index in [1.165, 1.54) is 44.3 Å². The summed E-state index contributed by atoms with van der Waals surface area (Å²) in [5.74, 6) is 2.52. The summed E-state index contributed by atoms with van der Waals surface area (Å²) in [4.78, 5) is 9.67. The van der Waals surface area contributed by atoms with E-state index in [0.717, 1.165) is 37.6 Å². The van der Waals surface area contributed by atoms with Crippen LogP contribution >= 0.6 is 24.0 Å². The molecule has 25 heavy (non-hydrogen) atoms. The average molecular weight is 454 g/mol. The first-order chi connectivity index (χ1) is 11.8. The van der Waals surface area contributed by atoms with Crippen LogP contribution in [0.25, 0.3) is 0 Å². The van der Waals surface area contributed by atoms with Crippen molar-refractivity contribution in [3.05, 3.63) is 35.9 Å². The maximum atomic E-state index is 4.54. The highest BCUT2D eigenvalue weighted by Gasteiger charge is 2.34. The van der Waals surface area contributed by atoms with Gasteiger partial charge >= 0.3 is 0 Å². The number of rotatable bonds is 4. The normalized spacial score (nSPS) is 27.4. The van der Waals surface area contributed by atoms with Gasteiger partial charge in [0.15, 0.2) is 5.96 Å². The number of hydrogen-bond acceptors (Lipinski definition) is 2. The molecule has 2 aliphatic heterocycles. The van der Waals surface area contributed by atoms with Crippen LogP contribution in [-0.4, -0.2) is 61.6 Å². The minimum absolute atomic E-state index is 0. The Bertz CT molecular complexity index is 572. The maximum absolute atomic E-state index is 4.54. The molecule has 2 unspecified atom stereocenters. The van der Waals surface area contributed by atoms with Crippen molar-refractivity contribution in [2.45, 2.75) is 37.6 Å². The molecule has 0 amide bonds. The van der Waals surface area contributed by atoms with Crippen molar-refractivity contribution in [3.63, 3.8) is 0 Å². The van der Waals surface area contributed by atoms with Gasteiger partial charge in [0.25, 0.3) is 0 Å². The van der Waals surface area contributed by atoms with E-state index in [1.54, 1.807) is 0 Å². The Balaban J connectivity index is 0.00000182. The van der Waals surface area contributed by atoms with E-state index < -0.39 is 0 Å². The van der Waals surface area contributed by atoms with Gasteiger partial charge in [-0.3, -0.25) is 4.99 Å². The first kappa shape index (κ1) is 19.0. The molecule has 1 aromatic carbocycles. The number of halogens is 1. The lowest BCUT2D eigenvalue weighted by atomic mass is 9.99. The average Bonchev–Trinajstić information content (AvgIpc) is 3.17. The summed E-state index contributed by atoms with van der Waals surface area (Å²) in [5, 5.41) is 3.65. The van der Waals surface area contributed by atoms with Crippen molar-refractivity contribution in [1.82, 2.24) is 15.1 Å². The van der Waals surface area contributed by atoms with E-state index >= 15 is 0 Å². The van der Waals surface area contributed by atoms with Crippen LogP contribution in [0.3, 0.4) is 0 Å². The Hall–Kier alpha value is -0.820. The molecule has 0 bridgehead atoms. The number of benzene rings is 1. The smallest absolute Gasteiger partial charge is 0.193 e. The molecule has 1 aromatic rings. The van der Waals surface area contributed by atoms with Crippen molar-refractivity contribution < 1.29 is 0 Å². The fourth-order valence-electron chi connectivity index (χ4n) is 4.32. The van der Waals surface area contributed by atoms with Crippen LogP contribution in [0, 0.1) is 5.92 Å². The second-order valence-corrected chi connectivity index (χ2v) is 7.65. The molecule has 4 rings (SSSR count). The van der Waals surface area contributed by atoms with Gasteiger partial charge in [0, 0.05) is 45.2 Å². The number of aliphatic imine (C=N–C) groups is 1. The van der Waals surface area contributed by atoms with Crippen molar-refractivity contribution in [2.75, 3.05) is 39.8 Å². The lowest BCUT2D eigenvalue weighted by Crippen LogP contribution is -2.42. The molecule has 5 heteroatoms. The predicted molar refractivity (Wildman–Crippen MR) is 115 cm³/mol. The highest BCUT2D eigenvalue weighted by Crippen LogP contribution is 2.31. The summed E-state index contributed by atoms with van der Waals surface area (Å²) >= 11 is 0. The minimum atomic E-state index is 0. The van der Waals surface area contributed by atoms with Crippen molar-refractivity contribution in [3.8, 4) is 0 Å². The van der Waals surface area contributed by atoms with Gasteiger partial charge in [-0.2, -0.15) is 0 Å². The van der Waals surface area contributed by atoms with Crippen molar-refractivity contribution in [2.24, 2.45) is 10.9 Å². The van der Waals surface area contributed by atoms with E-state index in [0.29, 0.717) is 5.92 Å². The molecule has 2 atom stereocenters. The Labute approximate surface area is 169 Å². The number of guanidine groups is 1. The van der Waals surface area contributed by atoms with E-state index in [4.69, 9.17) is 0 Å². The second-order valence-electron chi connectivity index (χ2n) is 7.65. The highest BCUT2D eigenvalue weighted by atomic mass is 127. The van der Waals surface area contributed by atoms with Gasteiger partial charge in [0.2, 0.25) is 0 Å². The van der Waals surface area contributed by atoms with Crippen molar-refractivity contribution >= 4 is 29.9 Å². The zero-order valence-corrected chi connectivity index (χ0v) is 17.6. The van der Waals surface area contributed by atoms with Crippen LogP contribution in [0.2, 0.25) is 0 Å². The summed E-state index contributed by atoms with van der Waals surface area (Å²) in [5.41, 5.74) is 1.46. The molecule has 0 radical (unpaired) electrons. The summed E-state index contributed by atoms with van der Waals surface area (Å²) in [6, 6.07) is 11.8. The molecule has 1 aliphatic carbocycles. The van der Waals surface area contributed by atoms with Gasteiger partial charge in [-0.25, -0.2) is 0 Å². The van der Waals surface area contributed by atoms with Gasteiger partial charge in [-0.1, -0.05) is 30.3 Å². The zero-order valence-electron chi connectivity index (χ0n) is 15.2. The number of nitrogens with zero attached hydrogens (tertiary/aromatic N) is 3. The van der Waals surface area contributed by atoms with Crippen LogP contribution in [0.1, 0.15) is 37.2 Å². The molecular formula is C20H31IN4. The molecule has 3 fully saturated rings. The first-order valence-corrected chi connectivity index (χ1v) is 9.58. The lowest BCUT2D eigenvalue weighted by molar-refractivity contribution is 0.313. The van der Waals surface area contributed by atoms with Crippen LogP contribution in [0.5, 0.6) is 0 Å². The minimum Gasteiger partial charge on any atom is -0.356 e. The van der Waals surface area contributed by atoms with Crippen LogP contribution in [-0.2, 0) is 0 Å². The van der Waals surface area contributed by atoms with Crippen LogP contribution in [0.4, 0.5) is 0 Å². The van der Waals surface area contributed by atoms with E-state index in [-0.39, 0.29) is 24.0 Å². The quantitative estimate of drug-likeness (QED) is 0.431. The van der Waals surface area contributed by atoms with Gasteiger partial charge in [-0.05, 0) is 43.7 Å². The second kappa shape index (κ2) is 8.71. The Morgan fingerprint density at radius 3 is 2.60 bits per heavy atom. The molecule has 2 saturated heterocycles. The third-order valence-electron chi connectivity index (χ3n) is 5.90. The Kier molecular flexibility index (Phi) is 6.61. The molecule has 1 N–H and O–H groups in total. The summed E-state index contributed by atoms with van der Waals surface area (Å²) in [7, 11) is 1.92. The highest BCUT2D eigenvalue weighted by molar-refractivity contribution is 14.0. The number of hydrogen-bond donors (Lipinski definition) is 1. The molecular weight excluding hydrogens is 423 g/mol. The molecule has 0 aromatic heterocycles. The zero-order chi connectivity index (χ0) is 16.4. The maximum Gasteiger partial charge on any atom is 0.193 e. The fraction of sp³-hybridized carbons (Fsp3) is 0.650. The van der Waals surface area contributed by atoms with Gasteiger partial charge in [0.05, 0.1) is 0 Å². The van der Waals surface area contributed by atoms with Crippen LogP contribution < -0.4 is 5.32 Å². The van der Waals surface area contributed by atoms with Crippen LogP contribution in [0.15, 0.2) is 35.3 Å². The lowest BCUT2D eigenvalue weighted by Gasteiger charge is -2.23. The van der Waals surface area contributed by atoms with E-state index in [9.17, 15) is 0 Å². The van der Waals surface area contributed by atoms with Gasteiger partial charge < -0.3 is 15.1 Å². The van der Waals surface area contributed by atoms with E-state index in [2.05, 4.69) is 50.4 Å². The molecule has 4 nitrogen and oxygen atoms in total. The molecule has 1 saturated carbocycles. The Morgan fingerprint density at radius 1 is 1.08 bits per heavy atom. The Morgan fingerprint density at radius 2 is 1.88 bits per heavy atom. The largest absolute Gasteiger partial charge is 0.356 e. The first-order valence-electron chi connectivity index (χ1n) is 9.58. The number of nitrogens with one attached hydrogen (secondary N) is 1. The molecule has 3 aliphatic rings.